The van der Waals surface area contributed by atoms with Crippen molar-refractivity contribution in [2.45, 2.75) is 6.92 Å². The van der Waals surface area contributed by atoms with Crippen LogP contribution >= 0.6 is 0 Å². The van der Waals surface area contributed by atoms with E-state index in [0.717, 1.165) is 5.56 Å². The van der Waals surface area contributed by atoms with Crippen molar-refractivity contribution in [2.24, 2.45) is 0 Å². The van der Waals surface area contributed by atoms with Crippen molar-refractivity contribution in [2.75, 3.05) is 14.2 Å². The molecule has 0 aliphatic carbocycles. The average molecular weight is 142 g/mol. The van der Waals surface area contributed by atoms with Crippen LogP contribution in [0.15, 0.2) is 10.5 Å². The predicted octanol–water partition coefficient (Wildman–Crippen LogP) is 1.61. The zero-order chi connectivity index (χ0) is 7.56. The van der Waals surface area contributed by atoms with Crippen LogP contribution in [0.2, 0.25) is 0 Å². The first-order chi connectivity index (χ1) is 4.77. The van der Waals surface area contributed by atoms with Gasteiger partial charge in [0, 0.05) is 11.6 Å². The van der Waals surface area contributed by atoms with Crippen LogP contribution in [-0.4, -0.2) is 14.2 Å². The monoisotopic (exact) mass is 142 g/mol. The molecule has 56 valence electrons. The molecule has 0 fully saturated rings. The minimum absolute atomic E-state index is 0.481. The topological polar surface area (TPSA) is 31.6 Å². The van der Waals surface area contributed by atoms with Crippen molar-refractivity contribution in [3.63, 3.8) is 0 Å². The minimum Gasteiger partial charge on any atom is -0.468 e. The predicted molar refractivity (Wildman–Crippen MR) is 36.5 cm³/mol. The van der Waals surface area contributed by atoms with E-state index in [2.05, 4.69) is 0 Å². The fourth-order valence-electron chi connectivity index (χ4n) is 0.740. The van der Waals surface area contributed by atoms with Crippen LogP contribution < -0.4 is 9.47 Å². The smallest absolute Gasteiger partial charge is 0.290 e. The van der Waals surface area contributed by atoms with E-state index < -0.39 is 0 Å². The molecule has 3 nitrogen and oxygen atoms in total. The van der Waals surface area contributed by atoms with Gasteiger partial charge in [0.1, 0.15) is 0 Å². The van der Waals surface area contributed by atoms with Crippen LogP contribution in [0.4, 0.5) is 0 Å². The van der Waals surface area contributed by atoms with Gasteiger partial charge >= 0.3 is 0 Å². The molecule has 0 N–H and O–H groups in total. The number of hydrogen-bond acceptors (Lipinski definition) is 3. The summed E-state index contributed by atoms with van der Waals surface area (Å²) in [7, 11) is 3.11. The van der Waals surface area contributed by atoms with Crippen molar-refractivity contribution in [3.8, 4) is 11.9 Å². The number of furan rings is 1. The number of hydrogen-bond donors (Lipinski definition) is 0. The molecular weight excluding hydrogens is 132 g/mol. The molecule has 0 spiro atoms. The van der Waals surface area contributed by atoms with Gasteiger partial charge in [0.05, 0.1) is 14.2 Å². The first-order valence-electron chi connectivity index (χ1n) is 2.96. The Morgan fingerprint density at radius 3 is 2.30 bits per heavy atom. The first kappa shape index (κ1) is 6.99. The van der Waals surface area contributed by atoms with Gasteiger partial charge in [-0.15, -0.1) is 0 Å². The largest absolute Gasteiger partial charge is 0.468 e. The third-order valence-electron chi connectivity index (χ3n) is 1.24. The Morgan fingerprint density at radius 1 is 1.30 bits per heavy atom. The van der Waals surface area contributed by atoms with Gasteiger partial charge in [-0.3, -0.25) is 0 Å². The molecule has 0 aromatic carbocycles. The first-order valence-corrected chi connectivity index (χ1v) is 2.96. The maximum atomic E-state index is 5.07. The maximum absolute atomic E-state index is 5.07. The van der Waals surface area contributed by atoms with Crippen LogP contribution in [-0.2, 0) is 0 Å². The summed E-state index contributed by atoms with van der Waals surface area (Å²) in [5.41, 5.74) is 0.944. The fourth-order valence-corrected chi connectivity index (χ4v) is 0.740. The van der Waals surface area contributed by atoms with Gasteiger partial charge in [0.15, 0.2) is 0 Å². The molecule has 0 amide bonds. The quantitative estimate of drug-likeness (QED) is 0.628. The Balaban J connectivity index is 2.92. The zero-order valence-corrected chi connectivity index (χ0v) is 6.30. The summed E-state index contributed by atoms with van der Waals surface area (Å²) in [6, 6.07) is 1.78. The molecule has 1 aromatic heterocycles. The second kappa shape index (κ2) is 2.64. The Labute approximate surface area is 59.5 Å². The van der Waals surface area contributed by atoms with Gasteiger partial charge in [-0.25, -0.2) is 0 Å². The zero-order valence-electron chi connectivity index (χ0n) is 6.30. The molecular formula is C7H10O3. The third kappa shape index (κ3) is 1.07. The Morgan fingerprint density at radius 2 is 2.00 bits per heavy atom. The highest BCUT2D eigenvalue weighted by Gasteiger charge is 2.05. The Kier molecular flexibility index (Phi) is 1.85. The SMILES string of the molecule is COc1cc(C)c(OC)o1. The van der Waals surface area contributed by atoms with E-state index in [1.807, 2.05) is 6.92 Å². The average Bonchev–Trinajstić information content (AvgIpc) is 2.30. The fraction of sp³-hybridized carbons (Fsp3) is 0.429. The van der Waals surface area contributed by atoms with Crippen molar-refractivity contribution < 1.29 is 13.9 Å². The van der Waals surface area contributed by atoms with Crippen LogP contribution in [0.3, 0.4) is 0 Å². The van der Waals surface area contributed by atoms with E-state index in [9.17, 15) is 0 Å². The molecule has 1 aromatic rings. The number of aryl methyl sites for hydroxylation is 1. The Hall–Kier alpha value is -1.12. The lowest BCUT2D eigenvalue weighted by molar-refractivity contribution is 0.243. The Bertz CT molecular complexity index is 215. The van der Waals surface area contributed by atoms with Crippen molar-refractivity contribution in [1.29, 1.82) is 0 Å². The molecule has 0 saturated heterocycles. The normalized spacial score (nSPS) is 9.50. The summed E-state index contributed by atoms with van der Waals surface area (Å²) in [6.45, 7) is 1.89. The molecule has 0 aliphatic rings. The molecule has 1 heterocycles. The summed E-state index contributed by atoms with van der Waals surface area (Å²) in [4.78, 5) is 0. The van der Waals surface area contributed by atoms with E-state index in [0.29, 0.717) is 11.9 Å². The summed E-state index contributed by atoms with van der Waals surface area (Å²) in [5, 5.41) is 0. The molecule has 0 aliphatic heterocycles. The third-order valence-corrected chi connectivity index (χ3v) is 1.24. The molecule has 0 saturated carbocycles. The van der Waals surface area contributed by atoms with Crippen molar-refractivity contribution in [3.05, 3.63) is 11.6 Å². The van der Waals surface area contributed by atoms with Crippen LogP contribution in [0.5, 0.6) is 11.9 Å². The van der Waals surface area contributed by atoms with Crippen LogP contribution in [0.1, 0.15) is 5.56 Å². The number of methoxy groups -OCH3 is 2. The second-order valence-electron chi connectivity index (χ2n) is 1.94. The lowest BCUT2D eigenvalue weighted by atomic mass is 10.4. The summed E-state index contributed by atoms with van der Waals surface area (Å²) in [5.74, 6) is 0.992. The standard InChI is InChI=1S/C7H10O3/c1-5-4-6(8-2)10-7(5)9-3/h4H,1-3H3. The lowest BCUT2D eigenvalue weighted by Crippen LogP contribution is -1.79. The maximum Gasteiger partial charge on any atom is 0.290 e. The highest BCUT2D eigenvalue weighted by atomic mass is 16.6. The second-order valence-corrected chi connectivity index (χ2v) is 1.94. The number of ether oxygens (including phenoxy) is 2. The van der Waals surface area contributed by atoms with Crippen LogP contribution in [0.25, 0.3) is 0 Å². The van der Waals surface area contributed by atoms with Gasteiger partial charge in [-0.2, -0.15) is 0 Å². The molecule has 0 atom stereocenters. The molecule has 0 radical (unpaired) electrons. The summed E-state index contributed by atoms with van der Waals surface area (Å²) < 4.78 is 14.8. The summed E-state index contributed by atoms with van der Waals surface area (Å²) in [6.07, 6.45) is 0. The highest BCUT2D eigenvalue weighted by molar-refractivity contribution is 5.27. The summed E-state index contributed by atoms with van der Waals surface area (Å²) >= 11 is 0. The van der Waals surface area contributed by atoms with E-state index >= 15 is 0 Å². The highest BCUT2D eigenvalue weighted by Crippen LogP contribution is 2.26. The van der Waals surface area contributed by atoms with Gasteiger partial charge < -0.3 is 13.9 Å². The molecule has 0 bridgehead atoms. The molecule has 1 rings (SSSR count). The van der Waals surface area contributed by atoms with Gasteiger partial charge in [-0.05, 0) is 6.92 Å². The van der Waals surface area contributed by atoms with E-state index in [4.69, 9.17) is 13.9 Å². The van der Waals surface area contributed by atoms with Crippen molar-refractivity contribution >= 4 is 0 Å². The molecule has 0 unspecified atom stereocenters. The van der Waals surface area contributed by atoms with Gasteiger partial charge in [0.25, 0.3) is 11.9 Å². The molecule has 3 heteroatoms. The van der Waals surface area contributed by atoms with Gasteiger partial charge in [0.2, 0.25) is 0 Å². The molecule has 10 heavy (non-hydrogen) atoms. The van der Waals surface area contributed by atoms with Crippen molar-refractivity contribution in [1.82, 2.24) is 0 Å². The van der Waals surface area contributed by atoms with E-state index in [1.165, 1.54) is 0 Å². The van der Waals surface area contributed by atoms with Crippen LogP contribution in [0, 0.1) is 6.92 Å². The van der Waals surface area contributed by atoms with E-state index in [-0.39, 0.29) is 0 Å². The van der Waals surface area contributed by atoms with Gasteiger partial charge in [-0.1, -0.05) is 0 Å². The number of rotatable bonds is 2. The van der Waals surface area contributed by atoms with E-state index in [1.54, 1.807) is 20.3 Å². The lowest BCUT2D eigenvalue weighted by Gasteiger charge is -1.92. The minimum atomic E-state index is 0.481.